The lowest BCUT2D eigenvalue weighted by atomic mass is 10.1. The lowest BCUT2D eigenvalue weighted by Gasteiger charge is -2.11. The van der Waals surface area contributed by atoms with Crippen molar-refractivity contribution in [2.75, 3.05) is 23.4 Å². The van der Waals surface area contributed by atoms with Gasteiger partial charge in [-0.3, -0.25) is 4.79 Å². The quantitative estimate of drug-likeness (QED) is 0.773. The third-order valence-electron chi connectivity index (χ3n) is 4.07. The second-order valence-electron chi connectivity index (χ2n) is 6.18. The van der Waals surface area contributed by atoms with Gasteiger partial charge in [0.05, 0.1) is 11.5 Å². The van der Waals surface area contributed by atoms with Gasteiger partial charge in [-0.05, 0) is 42.7 Å². The molecule has 26 heavy (non-hydrogen) atoms. The van der Waals surface area contributed by atoms with Crippen LogP contribution in [0.4, 0.5) is 5.82 Å². The number of benzene rings is 1. The van der Waals surface area contributed by atoms with E-state index in [-0.39, 0.29) is 29.1 Å². The fourth-order valence-electron chi connectivity index (χ4n) is 2.75. The Morgan fingerprint density at radius 1 is 1.23 bits per heavy atom. The number of nitrogens with zero attached hydrogens (tertiary/aromatic N) is 2. The van der Waals surface area contributed by atoms with Crippen LogP contribution in [-0.2, 0) is 16.3 Å². The van der Waals surface area contributed by atoms with Crippen LogP contribution in [0.25, 0.3) is 0 Å². The molecule has 0 bridgehead atoms. The Labute approximate surface area is 157 Å². The Kier molecular flexibility index (Phi) is 5.73. The predicted molar refractivity (Wildman–Crippen MR) is 100 cm³/mol. The van der Waals surface area contributed by atoms with Crippen molar-refractivity contribution >= 4 is 33.2 Å². The minimum Gasteiger partial charge on any atom is -0.365 e. The van der Waals surface area contributed by atoms with Gasteiger partial charge >= 0.3 is 0 Å². The molecule has 1 unspecified atom stereocenters. The molecule has 138 valence electrons. The zero-order valence-corrected chi connectivity index (χ0v) is 15.6. The first-order valence-electron chi connectivity index (χ1n) is 8.25. The Balaban J connectivity index is 1.49. The summed E-state index contributed by atoms with van der Waals surface area (Å²) in [5.41, 5.74) is 1.25. The number of nitrogens with one attached hydrogen (secondary N) is 2. The standard InChI is InChI=1S/C17H19ClN4O3S/c18-13-3-1-2-12(10-13)6-8-19-17(23)15-4-5-16(22-21-15)20-14-7-9-26(24,25)11-14/h1-5,10,14H,6-9,11H2,(H,19,23)(H,20,22). The fourth-order valence-corrected chi connectivity index (χ4v) is 4.64. The van der Waals surface area contributed by atoms with Crippen LogP contribution in [0, 0.1) is 0 Å². The molecule has 2 aromatic rings. The SMILES string of the molecule is O=C(NCCc1cccc(Cl)c1)c1ccc(NC2CCS(=O)(=O)C2)nn1. The van der Waals surface area contributed by atoms with E-state index in [1.807, 2.05) is 18.2 Å². The highest BCUT2D eigenvalue weighted by Gasteiger charge is 2.28. The van der Waals surface area contributed by atoms with Crippen LogP contribution in [0.5, 0.6) is 0 Å². The summed E-state index contributed by atoms with van der Waals surface area (Å²) in [6, 6.07) is 10.5. The lowest BCUT2D eigenvalue weighted by Crippen LogP contribution is -2.27. The van der Waals surface area contributed by atoms with Crippen LogP contribution in [0.2, 0.25) is 5.02 Å². The topological polar surface area (TPSA) is 101 Å². The van der Waals surface area contributed by atoms with Crippen LogP contribution >= 0.6 is 11.6 Å². The van der Waals surface area contributed by atoms with Crippen LogP contribution in [-0.4, -0.2) is 48.6 Å². The van der Waals surface area contributed by atoms with Crippen LogP contribution < -0.4 is 10.6 Å². The van der Waals surface area contributed by atoms with Gasteiger partial charge in [-0.25, -0.2) is 8.42 Å². The van der Waals surface area contributed by atoms with Crippen LogP contribution in [0.15, 0.2) is 36.4 Å². The van der Waals surface area contributed by atoms with E-state index in [9.17, 15) is 13.2 Å². The van der Waals surface area contributed by atoms with E-state index in [1.165, 1.54) is 0 Å². The molecule has 0 saturated carbocycles. The van der Waals surface area contributed by atoms with Crippen molar-refractivity contribution in [3.05, 3.63) is 52.7 Å². The smallest absolute Gasteiger partial charge is 0.271 e. The highest BCUT2D eigenvalue weighted by atomic mass is 35.5. The number of aromatic nitrogens is 2. The van der Waals surface area contributed by atoms with E-state index >= 15 is 0 Å². The number of sulfone groups is 1. The molecule has 1 aromatic carbocycles. The molecule has 0 radical (unpaired) electrons. The number of amides is 1. The summed E-state index contributed by atoms with van der Waals surface area (Å²) in [6.07, 6.45) is 1.21. The Bertz CT molecular complexity index is 887. The van der Waals surface area contributed by atoms with Crippen LogP contribution in [0.3, 0.4) is 0 Å². The summed E-state index contributed by atoms with van der Waals surface area (Å²) in [7, 11) is -2.96. The first-order valence-corrected chi connectivity index (χ1v) is 10.4. The van der Waals surface area contributed by atoms with Crippen LogP contribution in [0.1, 0.15) is 22.5 Å². The van der Waals surface area contributed by atoms with Gasteiger partial charge in [0.15, 0.2) is 15.5 Å². The normalized spacial score (nSPS) is 18.4. The highest BCUT2D eigenvalue weighted by molar-refractivity contribution is 7.91. The number of carbonyl (C=O) groups is 1. The molecule has 9 heteroatoms. The second-order valence-corrected chi connectivity index (χ2v) is 8.85. The minimum absolute atomic E-state index is 0.0976. The summed E-state index contributed by atoms with van der Waals surface area (Å²) in [5.74, 6) is 0.433. The summed E-state index contributed by atoms with van der Waals surface area (Å²) < 4.78 is 22.9. The molecule has 2 N–H and O–H groups in total. The maximum Gasteiger partial charge on any atom is 0.271 e. The first kappa shape index (κ1) is 18.6. The average molecular weight is 395 g/mol. The molecule has 1 saturated heterocycles. The van der Waals surface area contributed by atoms with Crippen molar-refractivity contribution in [2.24, 2.45) is 0 Å². The molecular formula is C17H19ClN4O3S. The highest BCUT2D eigenvalue weighted by Crippen LogP contribution is 2.16. The molecule has 1 amide bonds. The van der Waals surface area contributed by atoms with E-state index < -0.39 is 9.84 Å². The Hall–Kier alpha value is -2.19. The number of carbonyl (C=O) groups excluding carboxylic acids is 1. The number of anilines is 1. The fraction of sp³-hybridized carbons (Fsp3) is 0.353. The molecule has 1 aromatic heterocycles. The molecule has 1 fully saturated rings. The van der Waals surface area contributed by atoms with Crippen molar-refractivity contribution in [1.82, 2.24) is 15.5 Å². The zero-order valence-electron chi connectivity index (χ0n) is 14.0. The predicted octanol–water partition coefficient (Wildman–Crippen LogP) is 1.70. The second kappa shape index (κ2) is 8.01. The van der Waals surface area contributed by atoms with E-state index in [4.69, 9.17) is 11.6 Å². The van der Waals surface area contributed by atoms with Gasteiger partial charge in [-0.2, -0.15) is 0 Å². The summed E-state index contributed by atoms with van der Waals surface area (Å²) in [6.45, 7) is 0.459. The third-order valence-corrected chi connectivity index (χ3v) is 6.07. The molecule has 2 heterocycles. The molecule has 0 aliphatic carbocycles. The zero-order chi connectivity index (χ0) is 18.6. The minimum atomic E-state index is -2.96. The van der Waals surface area contributed by atoms with Crippen molar-refractivity contribution in [3.63, 3.8) is 0 Å². The third kappa shape index (κ3) is 5.15. The van der Waals surface area contributed by atoms with Gasteiger partial charge in [0.2, 0.25) is 0 Å². The number of hydrogen-bond donors (Lipinski definition) is 2. The van der Waals surface area contributed by atoms with E-state index in [0.717, 1.165) is 5.56 Å². The molecule has 1 aliphatic heterocycles. The van der Waals surface area contributed by atoms with Gasteiger partial charge in [-0.1, -0.05) is 23.7 Å². The molecule has 1 aliphatic rings. The average Bonchev–Trinajstić information content (AvgIpc) is 2.94. The number of hydrogen-bond acceptors (Lipinski definition) is 6. The van der Waals surface area contributed by atoms with E-state index in [1.54, 1.807) is 18.2 Å². The number of rotatable bonds is 6. The van der Waals surface area contributed by atoms with Crippen molar-refractivity contribution < 1.29 is 13.2 Å². The monoisotopic (exact) mass is 394 g/mol. The largest absolute Gasteiger partial charge is 0.365 e. The first-order chi connectivity index (χ1) is 12.4. The van der Waals surface area contributed by atoms with Gasteiger partial charge in [-0.15, -0.1) is 10.2 Å². The molecule has 0 spiro atoms. The maximum atomic E-state index is 12.1. The summed E-state index contributed by atoms with van der Waals surface area (Å²) >= 11 is 5.93. The van der Waals surface area contributed by atoms with Gasteiger partial charge in [0.25, 0.3) is 5.91 Å². The summed E-state index contributed by atoms with van der Waals surface area (Å²) in [4.78, 5) is 12.1. The van der Waals surface area contributed by atoms with E-state index in [0.29, 0.717) is 30.2 Å². The van der Waals surface area contributed by atoms with Gasteiger partial charge < -0.3 is 10.6 Å². The summed E-state index contributed by atoms with van der Waals surface area (Å²) in [5, 5.41) is 14.3. The van der Waals surface area contributed by atoms with Gasteiger partial charge in [0.1, 0.15) is 5.82 Å². The maximum absolute atomic E-state index is 12.1. The van der Waals surface area contributed by atoms with Crippen molar-refractivity contribution in [2.45, 2.75) is 18.9 Å². The van der Waals surface area contributed by atoms with Crippen molar-refractivity contribution in [1.29, 1.82) is 0 Å². The molecule has 1 atom stereocenters. The Morgan fingerprint density at radius 3 is 2.73 bits per heavy atom. The Morgan fingerprint density at radius 2 is 2.08 bits per heavy atom. The van der Waals surface area contributed by atoms with Gasteiger partial charge in [0, 0.05) is 17.6 Å². The molecule has 3 rings (SSSR count). The number of halogens is 1. The van der Waals surface area contributed by atoms with Crippen molar-refractivity contribution in [3.8, 4) is 0 Å². The van der Waals surface area contributed by atoms with E-state index in [2.05, 4.69) is 20.8 Å². The lowest BCUT2D eigenvalue weighted by molar-refractivity contribution is 0.0948. The molecule has 7 nitrogen and oxygen atoms in total. The molecular weight excluding hydrogens is 376 g/mol.